The third kappa shape index (κ3) is 1.79. The van der Waals surface area contributed by atoms with E-state index in [1.807, 2.05) is 0 Å². The average Bonchev–Trinajstić information content (AvgIpc) is 2.93. The van der Waals surface area contributed by atoms with Gasteiger partial charge in [0.05, 0.1) is 19.0 Å². The zero-order chi connectivity index (χ0) is 14.4. The van der Waals surface area contributed by atoms with Crippen molar-refractivity contribution in [3.8, 4) is 0 Å². The van der Waals surface area contributed by atoms with Gasteiger partial charge in [-0.25, -0.2) is 4.98 Å². The first-order valence-corrected chi connectivity index (χ1v) is 6.19. The van der Waals surface area contributed by atoms with E-state index in [-0.39, 0.29) is 29.6 Å². The maximum Gasteiger partial charge on any atom is 0.280 e. The van der Waals surface area contributed by atoms with Crippen LogP contribution >= 0.6 is 0 Å². The number of aromatic nitrogens is 4. The normalized spacial score (nSPS) is 30.1. The van der Waals surface area contributed by atoms with Crippen LogP contribution in [0.4, 0.5) is 5.95 Å². The van der Waals surface area contributed by atoms with Crippen molar-refractivity contribution in [1.82, 2.24) is 19.5 Å². The summed E-state index contributed by atoms with van der Waals surface area (Å²) in [5.41, 5.74) is 5.42. The third-order valence-electron chi connectivity index (χ3n) is 3.64. The Kier molecular flexibility index (Phi) is 2.96. The monoisotopic (exact) mass is 281 g/mol. The molecule has 108 valence electrons. The Hall–Kier alpha value is -1.97. The van der Waals surface area contributed by atoms with Crippen LogP contribution in [0.3, 0.4) is 0 Å². The first-order chi connectivity index (χ1) is 9.52. The van der Waals surface area contributed by atoms with Crippen LogP contribution in [0.5, 0.6) is 0 Å². The Balaban J connectivity index is 2.09. The van der Waals surface area contributed by atoms with Crippen LogP contribution in [0, 0.1) is 5.92 Å². The van der Waals surface area contributed by atoms with Crippen LogP contribution in [0.15, 0.2) is 11.1 Å². The number of rotatable bonds is 2. The number of hydrogen-bond donors (Lipinski definition) is 4. The molecule has 1 aliphatic rings. The lowest BCUT2D eigenvalue weighted by atomic mass is 10.0. The molecule has 1 fully saturated rings. The highest BCUT2D eigenvalue weighted by molar-refractivity contribution is 5.70. The second-order valence-electron chi connectivity index (χ2n) is 4.87. The summed E-state index contributed by atoms with van der Waals surface area (Å²) in [4.78, 5) is 22.0. The second-order valence-corrected chi connectivity index (χ2v) is 4.87. The Morgan fingerprint density at radius 2 is 2.35 bits per heavy atom. The first-order valence-electron chi connectivity index (χ1n) is 6.19. The molecule has 2 aromatic rings. The molecule has 0 aliphatic carbocycles. The number of fused-ring (bicyclic) bond motifs is 1. The molecule has 3 heterocycles. The summed E-state index contributed by atoms with van der Waals surface area (Å²) in [5, 5.41) is 19.4. The highest BCUT2D eigenvalue weighted by Crippen LogP contribution is 2.34. The van der Waals surface area contributed by atoms with Gasteiger partial charge in [0.15, 0.2) is 17.4 Å². The summed E-state index contributed by atoms with van der Waals surface area (Å²) in [7, 11) is 0. The number of imidazole rings is 1. The fraction of sp³-hybridized carbons (Fsp3) is 0.545. The molecule has 9 nitrogen and oxygen atoms in total. The summed E-state index contributed by atoms with van der Waals surface area (Å²) in [6, 6.07) is 0. The largest absolute Gasteiger partial charge is 0.394 e. The van der Waals surface area contributed by atoms with Gasteiger partial charge in [-0.15, -0.1) is 0 Å². The van der Waals surface area contributed by atoms with Gasteiger partial charge >= 0.3 is 0 Å². The van der Waals surface area contributed by atoms with Crippen LogP contribution in [0.2, 0.25) is 0 Å². The van der Waals surface area contributed by atoms with E-state index in [0.29, 0.717) is 0 Å². The number of aliphatic hydroxyl groups is 2. The highest BCUT2D eigenvalue weighted by atomic mass is 16.5. The van der Waals surface area contributed by atoms with Gasteiger partial charge in [-0.3, -0.25) is 14.3 Å². The predicted molar refractivity (Wildman–Crippen MR) is 68.7 cm³/mol. The number of aliphatic hydroxyl groups excluding tert-OH is 2. The predicted octanol–water partition coefficient (Wildman–Crippen LogP) is -1.41. The molecule has 9 heteroatoms. The Morgan fingerprint density at radius 3 is 3.00 bits per heavy atom. The van der Waals surface area contributed by atoms with Crippen molar-refractivity contribution in [2.24, 2.45) is 5.92 Å². The smallest absolute Gasteiger partial charge is 0.280 e. The topological polar surface area (TPSA) is 139 Å². The van der Waals surface area contributed by atoms with Crippen LogP contribution in [0.1, 0.15) is 13.2 Å². The van der Waals surface area contributed by atoms with Gasteiger partial charge in [-0.1, -0.05) is 6.92 Å². The van der Waals surface area contributed by atoms with Crippen molar-refractivity contribution in [1.29, 1.82) is 0 Å². The minimum atomic E-state index is -0.841. The lowest BCUT2D eigenvalue weighted by Crippen LogP contribution is -2.25. The standard InChI is InChI=1S/C11H15N5O4/c1-4-5(2-17)20-10(7(4)18)16-3-13-6-8(16)14-11(12)15-9(6)19/h3-5,7,10,17-18H,2H2,1H3,(H3,12,14,15,19)/t4-,5?,7-,10-/m1/s1. The van der Waals surface area contributed by atoms with Gasteiger partial charge in [0.25, 0.3) is 5.56 Å². The third-order valence-corrected chi connectivity index (χ3v) is 3.64. The molecule has 0 bridgehead atoms. The van der Waals surface area contributed by atoms with E-state index in [9.17, 15) is 15.0 Å². The van der Waals surface area contributed by atoms with Gasteiger partial charge < -0.3 is 20.7 Å². The SMILES string of the molecule is C[C@@H]1C(CO)O[C@@H](n2cnc3c(=O)[nH]c(N)nc32)[C@@H]1O. The van der Waals surface area contributed by atoms with E-state index < -0.39 is 24.0 Å². The fourth-order valence-electron chi connectivity index (χ4n) is 2.43. The molecule has 20 heavy (non-hydrogen) atoms. The Bertz CT molecular complexity index is 696. The summed E-state index contributed by atoms with van der Waals surface area (Å²) >= 11 is 0. The number of ether oxygens (including phenoxy) is 1. The maximum atomic E-state index is 11.7. The Labute approximate surface area is 113 Å². The molecule has 4 atom stereocenters. The summed E-state index contributed by atoms with van der Waals surface area (Å²) in [6.07, 6.45) is -0.716. The molecular weight excluding hydrogens is 266 g/mol. The minimum Gasteiger partial charge on any atom is -0.394 e. The quantitative estimate of drug-likeness (QED) is 0.530. The fourth-order valence-corrected chi connectivity index (χ4v) is 2.43. The second kappa shape index (κ2) is 4.54. The number of nitrogen functional groups attached to an aromatic ring is 1. The summed E-state index contributed by atoms with van der Waals surface area (Å²) in [5.74, 6) is -0.287. The molecule has 0 spiro atoms. The zero-order valence-electron chi connectivity index (χ0n) is 10.7. The van der Waals surface area contributed by atoms with E-state index in [2.05, 4.69) is 15.0 Å². The molecule has 2 aromatic heterocycles. The van der Waals surface area contributed by atoms with E-state index in [4.69, 9.17) is 10.5 Å². The number of hydrogen-bond acceptors (Lipinski definition) is 7. The number of nitrogens with zero attached hydrogens (tertiary/aromatic N) is 3. The average molecular weight is 281 g/mol. The van der Waals surface area contributed by atoms with Crippen molar-refractivity contribution < 1.29 is 14.9 Å². The number of anilines is 1. The van der Waals surface area contributed by atoms with E-state index in [1.165, 1.54) is 10.9 Å². The molecule has 0 aromatic carbocycles. The summed E-state index contributed by atoms with van der Waals surface area (Å²) in [6.45, 7) is 1.58. The molecule has 0 radical (unpaired) electrons. The highest BCUT2D eigenvalue weighted by Gasteiger charge is 2.42. The van der Waals surface area contributed by atoms with E-state index >= 15 is 0 Å². The van der Waals surface area contributed by atoms with Crippen LogP contribution < -0.4 is 11.3 Å². The molecule has 3 rings (SSSR count). The van der Waals surface area contributed by atoms with Crippen LogP contribution in [0.25, 0.3) is 11.2 Å². The van der Waals surface area contributed by atoms with Crippen LogP contribution in [-0.4, -0.2) is 48.5 Å². The summed E-state index contributed by atoms with van der Waals surface area (Å²) < 4.78 is 7.05. The van der Waals surface area contributed by atoms with Gasteiger partial charge in [0.1, 0.15) is 6.10 Å². The minimum absolute atomic E-state index is 0.0384. The molecule has 0 saturated carbocycles. The number of nitrogens with one attached hydrogen (secondary N) is 1. The number of H-pyrrole nitrogens is 1. The van der Waals surface area contributed by atoms with E-state index in [1.54, 1.807) is 6.92 Å². The molecule has 1 saturated heterocycles. The molecule has 5 N–H and O–H groups in total. The van der Waals surface area contributed by atoms with Gasteiger partial charge in [-0.05, 0) is 0 Å². The molecule has 1 unspecified atom stereocenters. The number of aromatic amines is 1. The molecule has 0 amide bonds. The van der Waals surface area contributed by atoms with Crippen molar-refractivity contribution in [2.75, 3.05) is 12.3 Å². The first kappa shape index (κ1) is 13.0. The van der Waals surface area contributed by atoms with Crippen molar-refractivity contribution in [3.05, 3.63) is 16.7 Å². The van der Waals surface area contributed by atoms with Crippen LogP contribution in [-0.2, 0) is 4.74 Å². The lowest BCUT2D eigenvalue weighted by molar-refractivity contribution is -0.0491. The van der Waals surface area contributed by atoms with Crippen molar-refractivity contribution in [3.63, 3.8) is 0 Å². The van der Waals surface area contributed by atoms with Gasteiger partial charge in [0.2, 0.25) is 5.95 Å². The number of nitrogens with two attached hydrogens (primary N) is 1. The molecule has 1 aliphatic heterocycles. The lowest BCUT2D eigenvalue weighted by Gasteiger charge is -2.16. The van der Waals surface area contributed by atoms with Gasteiger partial charge in [-0.2, -0.15) is 4.98 Å². The van der Waals surface area contributed by atoms with Gasteiger partial charge in [0, 0.05) is 5.92 Å². The van der Waals surface area contributed by atoms with Crippen molar-refractivity contribution in [2.45, 2.75) is 25.4 Å². The zero-order valence-corrected chi connectivity index (χ0v) is 10.7. The molecular formula is C11H15N5O4. The Morgan fingerprint density at radius 1 is 1.60 bits per heavy atom. The van der Waals surface area contributed by atoms with Crippen molar-refractivity contribution >= 4 is 17.1 Å². The maximum absolute atomic E-state index is 11.7. The van der Waals surface area contributed by atoms with E-state index in [0.717, 1.165) is 0 Å².